The molecule has 0 saturated heterocycles. The van der Waals surface area contributed by atoms with Crippen LogP contribution >= 0.6 is 0 Å². The maximum Gasteiger partial charge on any atom is 0.250 e. The third-order valence-corrected chi connectivity index (χ3v) is 2.55. The summed E-state index contributed by atoms with van der Waals surface area (Å²) in [5.74, 6) is 0.256. The summed E-state index contributed by atoms with van der Waals surface area (Å²) in [4.78, 5) is 11.3. The standard InChI is InChI=1S/C12H20N2O2/c1-10(2)11(15)9-13-6-8-14-7-4-3-5-12(14)16/h3-5,7,10-11,13,15H,6,8-9H2,1-2H3. The van der Waals surface area contributed by atoms with E-state index in [4.69, 9.17) is 0 Å². The second kappa shape index (κ2) is 6.45. The first kappa shape index (κ1) is 12.9. The van der Waals surface area contributed by atoms with E-state index in [9.17, 15) is 9.90 Å². The third kappa shape index (κ3) is 4.16. The van der Waals surface area contributed by atoms with E-state index >= 15 is 0 Å². The summed E-state index contributed by atoms with van der Waals surface area (Å²) < 4.78 is 1.65. The molecule has 0 fully saturated rings. The highest BCUT2D eigenvalue weighted by Crippen LogP contribution is 1.98. The van der Waals surface area contributed by atoms with E-state index in [-0.39, 0.29) is 17.6 Å². The molecule has 0 amide bonds. The molecule has 1 aromatic rings. The number of rotatable bonds is 6. The molecular formula is C12H20N2O2. The minimum atomic E-state index is -0.326. The Kier molecular flexibility index (Phi) is 5.22. The molecule has 2 N–H and O–H groups in total. The van der Waals surface area contributed by atoms with E-state index in [2.05, 4.69) is 5.32 Å². The first-order valence-electron chi connectivity index (χ1n) is 5.65. The van der Waals surface area contributed by atoms with Gasteiger partial charge in [0, 0.05) is 31.9 Å². The molecule has 16 heavy (non-hydrogen) atoms. The van der Waals surface area contributed by atoms with Crippen molar-refractivity contribution in [3.8, 4) is 0 Å². The van der Waals surface area contributed by atoms with Crippen molar-refractivity contribution in [2.75, 3.05) is 13.1 Å². The molecule has 1 heterocycles. The van der Waals surface area contributed by atoms with E-state index in [1.807, 2.05) is 19.9 Å². The summed E-state index contributed by atoms with van der Waals surface area (Å²) >= 11 is 0. The maximum absolute atomic E-state index is 11.3. The number of pyridine rings is 1. The van der Waals surface area contributed by atoms with Crippen molar-refractivity contribution in [2.45, 2.75) is 26.5 Å². The number of aliphatic hydroxyl groups excluding tert-OH is 1. The van der Waals surface area contributed by atoms with Crippen molar-refractivity contribution in [1.29, 1.82) is 0 Å². The first-order valence-corrected chi connectivity index (χ1v) is 5.65. The molecule has 4 nitrogen and oxygen atoms in total. The van der Waals surface area contributed by atoms with Crippen molar-refractivity contribution < 1.29 is 5.11 Å². The molecule has 0 radical (unpaired) electrons. The van der Waals surface area contributed by atoms with Gasteiger partial charge in [0.1, 0.15) is 0 Å². The summed E-state index contributed by atoms with van der Waals surface area (Å²) in [6, 6.07) is 5.11. The first-order chi connectivity index (χ1) is 7.61. The molecule has 0 saturated carbocycles. The lowest BCUT2D eigenvalue weighted by Crippen LogP contribution is -2.33. The molecule has 1 rings (SSSR count). The Morgan fingerprint density at radius 3 is 2.81 bits per heavy atom. The number of aromatic nitrogens is 1. The quantitative estimate of drug-likeness (QED) is 0.690. The summed E-state index contributed by atoms with van der Waals surface area (Å²) in [6.07, 6.45) is 1.44. The van der Waals surface area contributed by atoms with Crippen molar-refractivity contribution in [3.63, 3.8) is 0 Å². The molecular weight excluding hydrogens is 204 g/mol. The van der Waals surface area contributed by atoms with Crippen LogP contribution in [0.2, 0.25) is 0 Å². The Balaban J connectivity index is 2.27. The van der Waals surface area contributed by atoms with Gasteiger partial charge in [0.2, 0.25) is 0 Å². The zero-order chi connectivity index (χ0) is 12.0. The van der Waals surface area contributed by atoms with Crippen molar-refractivity contribution in [3.05, 3.63) is 34.7 Å². The van der Waals surface area contributed by atoms with Crippen molar-refractivity contribution in [1.82, 2.24) is 9.88 Å². The molecule has 1 atom stereocenters. The SMILES string of the molecule is CC(C)C(O)CNCCn1ccccc1=O. The van der Waals surface area contributed by atoms with Gasteiger partial charge in [-0.1, -0.05) is 19.9 Å². The van der Waals surface area contributed by atoms with E-state index in [0.717, 1.165) is 0 Å². The van der Waals surface area contributed by atoms with Crippen LogP contribution in [-0.4, -0.2) is 28.9 Å². The van der Waals surface area contributed by atoms with Crippen LogP contribution in [-0.2, 0) is 6.54 Å². The Labute approximate surface area is 95.9 Å². The Hall–Kier alpha value is -1.13. The smallest absolute Gasteiger partial charge is 0.250 e. The van der Waals surface area contributed by atoms with Crippen LogP contribution in [0.15, 0.2) is 29.2 Å². The van der Waals surface area contributed by atoms with Crippen molar-refractivity contribution >= 4 is 0 Å². The number of hydrogen-bond acceptors (Lipinski definition) is 3. The van der Waals surface area contributed by atoms with E-state index in [1.165, 1.54) is 0 Å². The fourth-order valence-corrected chi connectivity index (χ4v) is 1.33. The summed E-state index contributed by atoms with van der Waals surface area (Å²) in [7, 11) is 0. The highest BCUT2D eigenvalue weighted by molar-refractivity contribution is 4.93. The zero-order valence-electron chi connectivity index (χ0n) is 9.89. The van der Waals surface area contributed by atoms with Crippen LogP contribution in [0.1, 0.15) is 13.8 Å². The van der Waals surface area contributed by atoms with Gasteiger partial charge in [0.15, 0.2) is 0 Å². The summed E-state index contributed by atoms with van der Waals surface area (Å²) in [5.41, 5.74) is 0.00806. The monoisotopic (exact) mass is 224 g/mol. The molecule has 1 unspecified atom stereocenters. The minimum Gasteiger partial charge on any atom is -0.392 e. The largest absolute Gasteiger partial charge is 0.392 e. The Bertz CT molecular complexity index is 360. The van der Waals surface area contributed by atoms with E-state index in [0.29, 0.717) is 19.6 Å². The van der Waals surface area contributed by atoms with Gasteiger partial charge in [-0.05, 0) is 12.0 Å². The van der Waals surface area contributed by atoms with Crippen LogP contribution in [0.3, 0.4) is 0 Å². The van der Waals surface area contributed by atoms with Gasteiger partial charge < -0.3 is 15.0 Å². The number of nitrogens with one attached hydrogen (secondary N) is 1. The average molecular weight is 224 g/mol. The fraction of sp³-hybridized carbons (Fsp3) is 0.583. The zero-order valence-corrected chi connectivity index (χ0v) is 9.89. The summed E-state index contributed by atoms with van der Waals surface area (Å²) in [6.45, 7) is 5.85. The predicted octanol–water partition coefficient (Wildman–Crippen LogP) is 0.455. The van der Waals surface area contributed by atoms with Crippen molar-refractivity contribution in [2.24, 2.45) is 5.92 Å². The molecule has 0 bridgehead atoms. The average Bonchev–Trinajstić information content (AvgIpc) is 2.26. The fourth-order valence-electron chi connectivity index (χ4n) is 1.33. The molecule has 1 aromatic heterocycles. The van der Waals surface area contributed by atoms with Crippen LogP contribution in [0.4, 0.5) is 0 Å². The Morgan fingerprint density at radius 1 is 1.44 bits per heavy atom. The van der Waals surface area contributed by atoms with Gasteiger partial charge in [0.25, 0.3) is 5.56 Å². The molecule has 0 aliphatic carbocycles. The lowest BCUT2D eigenvalue weighted by Gasteiger charge is -2.15. The number of hydrogen-bond donors (Lipinski definition) is 2. The van der Waals surface area contributed by atoms with Crippen LogP contribution < -0.4 is 10.9 Å². The van der Waals surface area contributed by atoms with Crippen LogP contribution in [0.5, 0.6) is 0 Å². The molecule has 4 heteroatoms. The minimum absolute atomic E-state index is 0.00806. The molecule has 0 spiro atoms. The highest BCUT2D eigenvalue weighted by atomic mass is 16.3. The van der Waals surface area contributed by atoms with Crippen LogP contribution in [0, 0.1) is 5.92 Å². The van der Waals surface area contributed by atoms with Crippen LogP contribution in [0.25, 0.3) is 0 Å². The summed E-state index contributed by atoms with van der Waals surface area (Å²) in [5, 5.41) is 12.7. The lowest BCUT2D eigenvalue weighted by atomic mass is 10.1. The second-order valence-electron chi connectivity index (χ2n) is 4.25. The van der Waals surface area contributed by atoms with Gasteiger partial charge in [0.05, 0.1) is 6.10 Å². The highest BCUT2D eigenvalue weighted by Gasteiger charge is 2.07. The van der Waals surface area contributed by atoms with Gasteiger partial charge in [-0.25, -0.2) is 0 Å². The molecule has 0 aliphatic rings. The molecule has 0 aliphatic heterocycles. The molecule has 0 aromatic carbocycles. The maximum atomic E-state index is 11.3. The van der Waals surface area contributed by atoms with Gasteiger partial charge in [-0.3, -0.25) is 4.79 Å². The van der Waals surface area contributed by atoms with Gasteiger partial charge >= 0.3 is 0 Å². The predicted molar refractivity (Wildman–Crippen MR) is 64.4 cm³/mol. The Morgan fingerprint density at radius 2 is 2.19 bits per heavy atom. The van der Waals surface area contributed by atoms with E-state index < -0.39 is 0 Å². The topological polar surface area (TPSA) is 54.3 Å². The number of aliphatic hydroxyl groups is 1. The van der Waals surface area contributed by atoms with Gasteiger partial charge in [-0.2, -0.15) is 0 Å². The molecule has 90 valence electrons. The second-order valence-corrected chi connectivity index (χ2v) is 4.25. The third-order valence-electron chi connectivity index (χ3n) is 2.55. The van der Waals surface area contributed by atoms with E-state index in [1.54, 1.807) is 22.9 Å². The number of nitrogens with zero attached hydrogens (tertiary/aromatic N) is 1. The van der Waals surface area contributed by atoms with Gasteiger partial charge in [-0.15, -0.1) is 0 Å². The normalized spacial score (nSPS) is 13.0. The lowest BCUT2D eigenvalue weighted by molar-refractivity contribution is 0.123.